The number of aliphatic hydroxyl groups is 3. The minimum Gasteiger partial charge on any atom is -0.481 e. The molecule has 0 bridgehead atoms. The molecular weight excluding hydrogens is 456 g/mol. The Balaban J connectivity index is 6.63. The van der Waals surface area contributed by atoms with Crippen molar-refractivity contribution >= 4 is 55.8 Å². The molecule has 0 aromatic carbocycles. The lowest BCUT2D eigenvalue weighted by atomic mass is 9.55. The molecule has 0 aliphatic carbocycles. The molecule has 3 unspecified atom stereocenters. The minimum absolute atomic E-state index is 0.0279. The van der Waals surface area contributed by atoms with E-state index in [2.05, 4.69) is 37.9 Å². The SMILES string of the molecule is O=C(O)CCC(S)C(C(S)CCC(=O)O)(C(S)CCC(=O)O)C(CO)(CO)CCO. The van der Waals surface area contributed by atoms with Crippen LogP contribution in [0.15, 0.2) is 0 Å². The monoisotopic (exact) mass is 488 g/mol. The number of carboxylic acid groups (broad SMARTS) is 3. The second kappa shape index (κ2) is 13.7. The maximum atomic E-state index is 11.1. The summed E-state index contributed by atoms with van der Waals surface area (Å²) in [7, 11) is 0. The molecule has 0 rings (SSSR count). The van der Waals surface area contributed by atoms with Crippen molar-refractivity contribution < 1.29 is 45.0 Å². The smallest absolute Gasteiger partial charge is 0.303 e. The van der Waals surface area contributed by atoms with Crippen LogP contribution in [-0.2, 0) is 14.4 Å². The van der Waals surface area contributed by atoms with Gasteiger partial charge in [0.2, 0.25) is 0 Å². The molecule has 0 radical (unpaired) electrons. The highest BCUT2D eigenvalue weighted by atomic mass is 32.1. The first kappa shape index (κ1) is 29.3. The van der Waals surface area contributed by atoms with Crippen LogP contribution in [0.1, 0.15) is 44.9 Å². The third-order valence-corrected chi connectivity index (χ3v) is 7.72. The maximum Gasteiger partial charge on any atom is 0.303 e. The van der Waals surface area contributed by atoms with Crippen molar-refractivity contribution in [3.63, 3.8) is 0 Å². The molecule has 3 atom stereocenters. The molecule has 0 spiro atoms. The van der Waals surface area contributed by atoms with Crippen molar-refractivity contribution in [2.45, 2.75) is 60.7 Å². The summed E-state index contributed by atoms with van der Waals surface area (Å²) in [5, 5.41) is 55.0. The van der Waals surface area contributed by atoms with Crippen LogP contribution in [0.5, 0.6) is 0 Å². The first-order valence-electron chi connectivity index (χ1n) is 9.47. The lowest BCUT2D eigenvalue weighted by Crippen LogP contribution is -2.62. The van der Waals surface area contributed by atoms with Gasteiger partial charge in [-0.05, 0) is 25.7 Å². The van der Waals surface area contributed by atoms with E-state index in [-0.39, 0.29) is 44.9 Å². The average molecular weight is 489 g/mol. The fourth-order valence-electron chi connectivity index (χ4n) is 4.14. The number of rotatable bonds is 17. The lowest BCUT2D eigenvalue weighted by molar-refractivity contribution is -0.138. The third-order valence-electron chi connectivity index (χ3n) is 5.66. The number of thiol groups is 3. The van der Waals surface area contributed by atoms with E-state index in [1.165, 1.54) is 0 Å². The highest BCUT2D eigenvalue weighted by Gasteiger charge is 2.60. The summed E-state index contributed by atoms with van der Waals surface area (Å²) in [4.78, 5) is 33.4. The normalized spacial score (nSPS) is 17.0. The molecule has 0 heterocycles. The van der Waals surface area contributed by atoms with Crippen LogP contribution < -0.4 is 0 Å². The van der Waals surface area contributed by atoms with Gasteiger partial charge in [0.05, 0.1) is 13.2 Å². The summed E-state index contributed by atoms with van der Waals surface area (Å²) in [6.07, 6.45) is -1.12. The van der Waals surface area contributed by atoms with Crippen molar-refractivity contribution in [1.82, 2.24) is 0 Å². The third kappa shape index (κ3) is 7.20. The van der Waals surface area contributed by atoms with Crippen molar-refractivity contribution in [2.24, 2.45) is 10.8 Å². The van der Waals surface area contributed by atoms with Crippen LogP contribution in [-0.4, -0.2) is 84.1 Å². The molecule has 0 aromatic heterocycles. The van der Waals surface area contributed by atoms with E-state index in [1.807, 2.05) is 0 Å². The molecule has 0 amide bonds. The van der Waals surface area contributed by atoms with Crippen LogP contribution in [0.4, 0.5) is 0 Å². The van der Waals surface area contributed by atoms with E-state index in [0.29, 0.717) is 0 Å². The molecule has 176 valence electrons. The second-order valence-corrected chi connectivity index (χ2v) is 9.22. The number of hydrogen-bond donors (Lipinski definition) is 9. The highest BCUT2D eigenvalue weighted by Crippen LogP contribution is 2.57. The molecule has 6 N–H and O–H groups in total. The van der Waals surface area contributed by atoms with Gasteiger partial charge in [-0.2, -0.15) is 37.9 Å². The van der Waals surface area contributed by atoms with Gasteiger partial charge in [-0.3, -0.25) is 14.4 Å². The Bertz CT molecular complexity index is 509. The quantitative estimate of drug-likeness (QED) is 0.134. The first-order valence-corrected chi connectivity index (χ1v) is 11.0. The molecule has 0 saturated carbocycles. The number of carbonyl (C=O) groups is 3. The van der Waals surface area contributed by atoms with Gasteiger partial charge >= 0.3 is 17.9 Å². The predicted molar refractivity (Wildman–Crippen MR) is 120 cm³/mol. The highest BCUT2D eigenvalue weighted by molar-refractivity contribution is 7.83. The molecule has 0 aliphatic rings. The molecule has 0 saturated heterocycles. The largest absolute Gasteiger partial charge is 0.481 e. The van der Waals surface area contributed by atoms with Crippen molar-refractivity contribution in [2.75, 3.05) is 19.8 Å². The fourth-order valence-corrected chi connectivity index (χ4v) is 6.78. The topological polar surface area (TPSA) is 173 Å². The van der Waals surface area contributed by atoms with E-state index in [1.54, 1.807) is 0 Å². The minimum atomic E-state index is -1.47. The molecule has 30 heavy (non-hydrogen) atoms. The maximum absolute atomic E-state index is 11.1. The second-order valence-electron chi connectivity index (χ2n) is 7.35. The number of aliphatic hydroxyl groups excluding tert-OH is 3. The van der Waals surface area contributed by atoms with E-state index in [0.717, 1.165) is 0 Å². The first-order chi connectivity index (χ1) is 13.9. The molecule has 0 aromatic rings. The number of hydrogen-bond acceptors (Lipinski definition) is 9. The zero-order chi connectivity index (χ0) is 23.5. The van der Waals surface area contributed by atoms with E-state index in [4.69, 9.17) is 15.3 Å². The summed E-state index contributed by atoms with van der Waals surface area (Å²) >= 11 is 13.8. The Morgan fingerprint density at radius 1 is 0.667 bits per heavy atom. The van der Waals surface area contributed by atoms with Crippen molar-refractivity contribution in [3.8, 4) is 0 Å². The Morgan fingerprint density at radius 2 is 0.967 bits per heavy atom. The summed E-state index contributed by atoms with van der Waals surface area (Å²) in [5.74, 6) is -3.32. The molecule has 9 nitrogen and oxygen atoms in total. The molecular formula is C18H32O9S3. The standard InChI is InChI=1S/C18H32O9S3/c19-8-7-17(9-20,10-21)18(11(28)1-4-14(22)23,12(29)2-5-15(24)25)13(30)3-6-16(26)27/h11-13,19-21,28-30H,1-10H2,(H,22,23)(H,24,25)(H,26,27). The van der Waals surface area contributed by atoms with E-state index < -0.39 is 64.3 Å². The van der Waals surface area contributed by atoms with Gasteiger partial charge < -0.3 is 30.6 Å². The van der Waals surface area contributed by atoms with Crippen molar-refractivity contribution in [3.05, 3.63) is 0 Å². The van der Waals surface area contributed by atoms with Gasteiger partial charge in [-0.15, -0.1) is 0 Å². The summed E-state index contributed by atoms with van der Waals surface area (Å²) in [6.45, 7) is -1.74. The lowest BCUT2D eigenvalue weighted by Gasteiger charge is -2.58. The average Bonchev–Trinajstić information content (AvgIpc) is 2.68. The van der Waals surface area contributed by atoms with E-state index >= 15 is 0 Å². The van der Waals surface area contributed by atoms with Gasteiger partial charge in [0, 0.05) is 52.4 Å². The number of aliphatic carboxylic acids is 3. The zero-order valence-electron chi connectivity index (χ0n) is 16.6. The summed E-state index contributed by atoms with van der Waals surface area (Å²) in [5.41, 5.74) is -2.88. The molecule has 12 heteroatoms. The van der Waals surface area contributed by atoms with Gasteiger partial charge in [0.1, 0.15) is 0 Å². The van der Waals surface area contributed by atoms with Crippen LogP contribution in [0.25, 0.3) is 0 Å². The van der Waals surface area contributed by atoms with E-state index in [9.17, 15) is 29.7 Å². The van der Waals surface area contributed by atoms with Crippen LogP contribution in [0.2, 0.25) is 0 Å². The van der Waals surface area contributed by atoms with Crippen LogP contribution in [0, 0.1) is 10.8 Å². The predicted octanol–water partition coefficient (Wildman–Crippen LogP) is 0.816. The Kier molecular flexibility index (Phi) is 13.4. The van der Waals surface area contributed by atoms with Gasteiger partial charge in [0.25, 0.3) is 0 Å². The Hall–Kier alpha value is -0.660. The molecule has 0 fully saturated rings. The van der Waals surface area contributed by atoms with Crippen LogP contribution >= 0.6 is 37.9 Å². The Morgan fingerprint density at radius 3 is 1.17 bits per heavy atom. The Labute approximate surface area is 192 Å². The van der Waals surface area contributed by atoms with Gasteiger partial charge in [0.15, 0.2) is 0 Å². The number of carboxylic acids is 3. The van der Waals surface area contributed by atoms with Crippen molar-refractivity contribution in [1.29, 1.82) is 0 Å². The van der Waals surface area contributed by atoms with Gasteiger partial charge in [-0.1, -0.05) is 0 Å². The van der Waals surface area contributed by atoms with Crippen LogP contribution in [0.3, 0.4) is 0 Å². The summed E-state index contributed by atoms with van der Waals surface area (Å²) in [6, 6.07) is 0. The summed E-state index contributed by atoms with van der Waals surface area (Å²) < 4.78 is 0. The van der Waals surface area contributed by atoms with Gasteiger partial charge in [-0.25, -0.2) is 0 Å². The fraction of sp³-hybridized carbons (Fsp3) is 0.833. The zero-order valence-corrected chi connectivity index (χ0v) is 19.2. The molecule has 0 aliphatic heterocycles.